The van der Waals surface area contributed by atoms with E-state index in [0.717, 1.165) is 42.9 Å². The Kier molecular flexibility index (Phi) is 7.44. The normalized spacial score (nSPS) is 14.5. The molecule has 34 heavy (non-hydrogen) atoms. The number of fused-ring (bicyclic) bond motifs is 2. The van der Waals surface area contributed by atoms with Gasteiger partial charge in [-0.1, -0.05) is 48.5 Å². The lowest BCUT2D eigenvalue weighted by Crippen LogP contribution is -2.35. The smallest absolute Gasteiger partial charge is 0.414 e. The molecule has 0 saturated carbocycles. The topological polar surface area (TPSA) is 103 Å². The number of nitrogens with one attached hydrogen (secondary N) is 1. The third kappa shape index (κ3) is 5.74. The van der Waals surface area contributed by atoms with Crippen LogP contribution < -0.4 is 4.74 Å². The van der Waals surface area contributed by atoms with Crippen LogP contribution in [0.15, 0.2) is 72.9 Å². The number of rotatable bonds is 5. The first-order valence-electron chi connectivity index (χ1n) is 11.4. The summed E-state index contributed by atoms with van der Waals surface area (Å²) < 4.78 is 6.08. The molecule has 3 N–H and O–H groups in total. The quantitative estimate of drug-likeness (QED) is 0.372. The average Bonchev–Trinajstić information content (AvgIpc) is 3.34. The third-order valence-corrected chi connectivity index (χ3v) is 6.24. The Morgan fingerprint density at radius 3 is 2.38 bits per heavy atom. The van der Waals surface area contributed by atoms with Crippen molar-refractivity contribution in [3.63, 3.8) is 0 Å². The van der Waals surface area contributed by atoms with Gasteiger partial charge in [-0.25, -0.2) is 9.59 Å². The number of aromatic nitrogens is 1. The van der Waals surface area contributed by atoms with Crippen LogP contribution in [0.5, 0.6) is 5.75 Å². The molecule has 0 aliphatic carbocycles. The maximum absolute atomic E-state index is 9.10. The van der Waals surface area contributed by atoms with E-state index in [2.05, 4.69) is 70.5 Å². The lowest BCUT2D eigenvalue weighted by atomic mass is 9.88. The molecule has 1 aliphatic heterocycles. The molecular weight excluding hydrogens is 432 g/mol. The van der Waals surface area contributed by atoms with Crippen molar-refractivity contribution in [1.29, 1.82) is 0 Å². The van der Waals surface area contributed by atoms with Crippen molar-refractivity contribution >= 4 is 33.6 Å². The van der Waals surface area contributed by atoms with Crippen LogP contribution in [0.4, 0.5) is 0 Å². The number of benzene rings is 3. The fourth-order valence-corrected chi connectivity index (χ4v) is 4.42. The van der Waals surface area contributed by atoms with Crippen LogP contribution in [0.3, 0.4) is 0 Å². The molecule has 1 fully saturated rings. The third-order valence-electron chi connectivity index (χ3n) is 6.24. The van der Waals surface area contributed by atoms with Gasteiger partial charge in [0.2, 0.25) is 0 Å². The van der Waals surface area contributed by atoms with Gasteiger partial charge in [0, 0.05) is 23.6 Å². The van der Waals surface area contributed by atoms with E-state index in [4.69, 9.17) is 24.5 Å². The molecule has 0 amide bonds. The molecule has 7 heteroatoms. The molecule has 1 aromatic heterocycles. The molecule has 0 unspecified atom stereocenters. The Hall–Kier alpha value is -3.84. The minimum atomic E-state index is -1.82. The molecular formula is C27H28N2O5. The predicted octanol–water partition coefficient (Wildman–Crippen LogP) is 4.74. The number of aromatic amines is 1. The number of H-pyrrole nitrogens is 1. The van der Waals surface area contributed by atoms with Crippen molar-refractivity contribution in [1.82, 2.24) is 9.88 Å². The van der Waals surface area contributed by atoms with Crippen molar-refractivity contribution in [2.24, 2.45) is 0 Å². The zero-order chi connectivity index (χ0) is 23.9. The van der Waals surface area contributed by atoms with Gasteiger partial charge < -0.3 is 19.9 Å². The van der Waals surface area contributed by atoms with E-state index < -0.39 is 11.9 Å². The second-order valence-corrected chi connectivity index (χ2v) is 8.38. The van der Waals surface area contributed by atoms with Crippen LogP contribution in [0, 0.1) is 0 Å². The molecule has 1 aliphatic rings. The number of likely N-dealkylation sites (tertiary alicyclic amines) is 1. The lowest BCUT2D eigenvalue weighted by Gasteiger charge is -2.32. The minimum Gasteiger partial charge on any atom is -0.492 e. The van der Waals surface area contributed by atoms with Crippen LogP contribution in [0.1, 0.15) is 24.3 Å². The fraction of sp³-hybridized carbons (Fsp3) is 0.259. The highest BCUT2D eigenvalue weighted by molar-refractivity contribution is 6.27. The summed E-state index contributed by atoms with van der Waals surface area (Å²) in [6.07, 6.45) is 4.42. The maximum Gasteiger partial charge on any atom is 0.414 e. The second kappa shape index (κ2) is 10.9. The molecule has 1 saturated heterocycles. The summed E-state index contributed by atoms with van der Waals surface area (Å²) in [5.41, 5.74) is 2.63. The Morgan fingerprint density at radius 1 is 0.912 bits per heavy atom. The summed E-state index contributed by atoms with van der Waals surface area (Å²) in [5.74, 6) is -2.00. The van der Waals surface area contributed by atoms with Gasteiger partial charge in [0.15, 0.2) is 0 Å². The number of hydrogen-bond acceptors (Lipinski definition) is 4. The number of ether oxygens (including phenoxy) is 1. The van der Waals surface area contributed by atoms with Crippen LogP contribution in [-0.2, 0) is 9.59 Å². The highest BCUT2D eigenvalue weighted by Gasteiger charge is 2.20. The summed E-state index contributed by atoms with van der Waals surface area (Å²) in [6.45, 7) is 4.03. The summed E-state index contributed by atoms with van der Waals surface area (Å²) in [4.78, 5) is 24.0. The molecule has 4 aromatic rings. The van der Waals surface area contributed by atoms with E-state index in [-0.39, 0.29) is 0 Å². The Bertz CT molecular complexity index is 1260. The number of aliphatic carboxylic acids is 2. The van der Waals surface area contributed by atoms with Crippen LogP contribution in [0.2, 0.25) is 0 Å². The number of carboxylic acid groups (broad SMARTS) is 2. The van der Waals surface area contributed by atoms with Gasteiger partial charge in [-0.15, -0.1) is 0 Å². The van der Waals surface area contributed by atoms with E-state index in [0.29, 0.717) is 5.92 Å². The van der Waals surface area contributed by atoms with Gasteiger partial charge in [-0.3, -0.25) is 4.90 Å². The molecule has 176 valence electrons. The summed E-state index contributed by atoms with van der Waals surface area (Å²) in [6, 6.07) is 23.9. The van der Waals surface area contributed by atoms with Crippen molar-refractivity contribution in [3.8, 4) is 5.75 Å². The van der Waals surface area contributed by atoms with E-state index in [1.807, 2.05) is 12.3 Å². The molecule has 7 nitrogen and oxygen atoms in total. The first kappa shape index (κ1) is 23.3. The van der Waals surface area contributed by atoms with Gasteiger partial charge in [0.25, 0.3) is 0 Å². The molecule has 0 bridgehead atoms. The Balaban J connectivity index is 0.000000408. The molecule has 3 aromatic carbocycles. The number of nitrogens with zero attached hydrogens (tertiary/aromatic N) is 1. The summed E-state index contributed by atoms with van der Waals surface area (Å²) >= 11 is 0. The Labute approximate surface area is 197 Å². The van der Waals surface area contributed by atoms with E-state index >= 15 is 0 Å². The average molecular weight is 461 g/mol. The number of piperidine rings is 1. The van der Waals surface area contributed by atoms with Crippen molar-refractivity contribution in [3.05, 3.63) is 78.5 Å². The molecule has 0 spiro atoms. The van der Waals surface area contributed by atoms with Crippen LogP contribution >= 0.6 is 0 Å². The maximum atomic E-state index is 9.10. The van der Waals surface area contributed by atoms with Gasteiger partial charge in [-0.05, 0) is 66.4 Å². The number of hydrogen-bond donors (Lipinski definition) is 3. The lowest BCUT2D eigenvalue weighted by molar-refractivity contribution is -0.159. The van der Waals surface area contributed by atoms with E-state index in [1.165, 1.54) is 29.2 Å². The molecule has 2 heterocycles. The summed E-state index contributed by atoms with van der Waals surface area (Å²) in [7, 11) is 0. The zero-order valence-corrected chi connectivity index (χ0v) is 18.8. The van der Waals surface area contributed by atoms with E-state index in [1.54, 1.807) is 0 Å². The highest BCUT2D eigenvalue weighted by Crippen LogP contribution is 2.30. The van der Waals surface area contributed by atoms with E-state index in [9.17, 15) is 0 Å². The van der Waals surface area contributed by atoms with Gasteiger partial charge in [-0.2, -0.15) is 0 Å². The van der Waals surface area contributed by atoms with Crippen LogP contribution in [0.25, 0.3) is 21.7 Å². The predicted molar refractivity (Wildman–Crippen MR) is 131 cm³/mol. The van der Waals surface area contributed by atoms with Crippen molar-refractivity contribution in [2.75, 3.05) is 26.2 Å². The SMILES string of the molecule is O=C(O)C(=O)O.c1ccc2cc(C3CCN(CCOc4cccc5[nH]ccc45)CC3)ccc2c1. The molecule has 0 atom stereocenters. The fourth-order valence-electron chi connectivity index (χ4n) is 4.42. The highest BCUT2D eigenvalue weighted by atomic mass is 16.5. The Morgan fingerprint density at radius 2 is 1.65 bits per heavy atom. The molecule has 0 radical (unpaired) electrons. The van der Waals surface area contributed by atoms with Gasteiger partial charge in [0.05, 0.1) is 0 Å². The van der Waals surface area contributed by atoms with Crippen molar-refractivity contribution < 1.29 is 24.5 Å². The van der Waals surface area contributed by atoms with Gasteiger partial charge in [0.1, 0.15) is 12.4 Å². The number of carbonyl (C=O) groups is 2. The standard InChI is InChI=1S/C25H26N2O.C2H2O4/c1-2-5-21-18-22(9-8-19(21)4-1)20-11-14-27(15-12-20)16-17-28-25-7-3-6-24-23(25)10-13-26-24;3-1(4)2(5)6/h1-10,13,18,20,26H,11-12,14-17H2;(H,3,4)(H,5,6). The minimum absolute atomic E-state index is 0.676. The summed E-state index contributed by atoms with van der Waals surface area (Å²) in [5, 5.41) is 18.6. The number of carboxylic acids is 2. The second-order valence-electron chi connectivity index (χ2n) is 8.38. The largest absolute Gasteiger partial charge is 0.492 e. The first-order chi connectivity index (χ1) is 16.5. The molecule has 5 rings (SSSR count). The zero-order valence-electron chi connectivity index (χ0n) is 18.8. The van der Waals surface area contributed by atoms with Gasteiger partial charge >= 0.3 is 11.9 Å². The monoisotopic (exact) mass is 460 g/mol. The first-order valence-corrected chi connectivity index (χ1v) is 11.4. The van der Waals surface area contributed by atoms with Crippen molar-refractivity contribution in [2.45, 2.75) is 18.8 Å². The van der Waals surface area contributed by atoms with Crippen LogP contribution in [-0.4, -0.2) is 58.3 Å².